The fourth-order valence-corrected chi connectivity index (χ4v) is 1.20. The predicted octanol–water partition coefficient (Wildman–Crippen LogP) is 1.39. The topological polar surface area (TPSA) is 81.1 Å². The Morgan fingerprint density at radius 2 is 2.31 bits per heavy atom. The zero-order valence-electron chi connectivity index (χ0n) is 8.51. The summed E-state index contributed by atoms with van der Waals surface area (Å²) < 4.78 is 4.95. The van der Waals surface area contributed by atoms with Gasteiger partial charge in [-0.2, -0.15) is 0 Å². The van der Waals surface area contributed by atoms with E-state index in [1.165, 1.54) is 6.26 Å². The lowest BCUT2D eigenvalue weighted by Crippen LogP contribution is -2.12. The standard InChI is InChI=1S/C11H11N3O2/c12-6-8-3-4-10(13-7-8)14-11(15)9-2-1-5-16-9/h1-5,7H,6,12H2,(H,13,14,15). The number of nitrogens with two attached hydrogens (primary N) is 1. The van der Waals surface area contributed by atoms with E-state index in [2.05, 4.69) is 10.3 Å². The Labute approximate surface area is 92.3 Å². The first-order valence-electron chi connectivity index (χ1n) is 4.79. The smallest absolute Gasteiger partial charge is 0.292 e. The van der Waals surface area contributed by atoms with Crippen LogP contribution >= 0.6 is 0 Å². The molecule has 0 aromatic carbocycles. The molecule has 16 heavy (non-hydrogen) atoms. The van der Waals surface area contributed by atoms with Gasteiger partial charge in [-0.3, -0.25) is 4.79 Å². The molecule has 0 spiro atoms. The van der Waals surface area contributed by atoms with Crippen molar-refractivity contribution < 1.29 is 9.21 Å². The quantitative estimate of drug-likeness (QED) is 0.813. The van der Waals surface area contributed by atoms with Crippen molar-refractivity contribution in [2.24, 2.45) is 5.73 Å². The Morgan fingerprint density at radius 1 is 1.44 bits per heavy atom. The Bertz CT molecular complexity index is 462. The third-order valence-electron chi connectivity index (χ3n) is 2.05. The van der Waals surface area contributed by atoms with E-state index in [0.29, 0.717) is 12.4 Å². The summed E-state index contributed by atoms with van der Waals surface area (Å²) in [7, 11) is 0. The maximum Gasteiger partial charge on any atom is 0.292 e. The molecule has 1 amide bonds. The van der Waals surface area contributed by atoms with Gasteiger partial charge in [-0.25, -0.2) is 4.98 Å². The molecule has 2 heterocycles. The monoisotopic (exact) mass is 217 g/mol. The number of hydrogen-bond donors (Lipinski definition) is 2. The molecule has 82 valence electrons. The van der Waals surface area contributed by atoms with E-state index in [1.807, 2.05) is 6.07 Å². The molecule has 0 saturated carbocycles. The molecule has 5 nitrogen and oxygen atoms in total. The van der Waals surface area contributed by atoms with Crippen LogP contribution in [0.1, 0.15) is 16.1 Å². The number of amides is 1. The largest absolute Gasteiger partial charge is 0.459 e. The zero-order valence-corrected chi connectivity index (χ0v) is 8.51. The number of carbonyl (C=O) groups excluding carboxylic acids is 1. The molecule has 0 radical (unpaired) electrons. The van der Waals surface area contributed by atoms with Crippen LogP contribution in [0.4, 0.5) is 5.82 Å². The highest BCUT2D eigenvalue weighted by Crippen LogP contribution is 2.07. The maximum atomic E-state index is 11.6. The minimum atomic E-state index is -0.321. The Morgan fingerprint density at radius 3 is 2.88 bits per heavy atom. The number of pyridine rings is 1. The van der Waals surface area contributed by atoms with Crippen molar-refractivity contribution in [3.8, 4) is 0 Å². The van der Waals surface area contributed by atoms with Crippen molar-refractivity contribution in [1.29, 1.82) is 0 Å². The first kappa shape index (κ1) is 10.4. The Kier molecular flexibility index (Phi) is 2.98. The zero-order chi connectivity index (χ0) is 11.4. The second-order valence-electron chi connectivity index (χ2n) is 3.19. The number of hydrogen-bond acceptors (Lipinski definition) is 4. The van der Waals surface area contributed by atoms with Crippen LogP contribution in [0.3, 0.4) is 0 Å². The third kappa shape index (κ3) is 2.26. The van der Waals surface area contributed by atoms with Crippen LogP contribution in [0.5, 0.6) is 0 Å². The van der Waals surface area contributed by atoms with E-state index < -0.39 is 0 Å². The highest BCUT2D eigenvalue weighted by molar-refractivity contribution is 6.01. The molecule has 3 N–H and O–H groups in total. The summed E-state index contributed by atoms with van der Waals surface area (Å²) in [4.78, 5) is 15.6. The molecule has 0 unspecified atom stereocenters. The van der Waals surface area contributed by atoms with Gasteiger partial charge in [0.1, 0.15) is 5.82 Å². The van der Waals surface area contributed by atoms with E-state index >= 15 is 0 Å². The van der Waals surface area contributed by atoms with Crippen molar-refractivity contribution in [2.75, 3.05) is 5.32 Å². The highest BCUT2D eigenvalue weighted by atomic mass is 16.3. The summed E-state index contributed by atoms with van der Waals surface area (Å²) in [5.74, 6) is 0.404. The van der Waals surface area contributed by atoms with E-state index in [-0.39, 0.29) is 11.7 Å². The van der Waals surface area contributed by atoms with Gasteiger partial charge in [0.25, 0.3) is 5.91 Å². The number of furan rings is 1. The first-order valence-corrected chi connectivity index (χ1v) is 4.79. The molecule has 5 heteroatoms. The summed E-state index contributed by atoms with van der Waals surface area (Å²) in [6.45, 7) is 0.430. The number of aromatic nitrogens is 1. The van der Waals surface area contributed by atoms with Crippen molar-refractivity contribution in [3.05, 3.63) is 48.0 Å². The minimum absolute atomic E-state index is 0.254. The van der Waals surface area contributed by atoms with Crippen molar-refractivity contribution >= 4 is 11.7 Å². The van der Waals surface area contributed by atoms with Gasteiger partial charge in [0, 0.05) is 12.7 Å². The van der Waals surface area contributed by atoms with E-state index in [1.54, 1.807) is 24.4 Å². The summed E-state index contributed by atoms with van der Waals surface area (Å²) in [5, 5.41) is 2.61. The average molecular weight is 217 g/mol. The first-order chi connectivity index (χ1) is 7.79. The summed E-state index contributed by atoms with van der Waals surface area (Å²) in [6, 6.07) is 6.75. The second-order valence-corrected chi connectivity index (χ2v) is 3.19. The SMILES string of the molecule is NCc1ccc(NC(=O)c2ccco2)nc1. The van der Waals surface area contributed by atoms with Gasteiger partial charge in [0.15, 0.2) is 5.76 Å². The average Bonchev–Trinajstić information content (AvgIpc) is 2.83. The predicted molar refractivity (Wildman–Crippen MR) is 58.8 cm³/mol. The van der Waals surface area contributed by atoms with E-state index in [9.17, 15) is 4.79 Å². The molecule has 0 saturated heterocycles. The molecule has 0 aliphatic carbocycles. The summed E-state index contributed by atoms with van der Waals surface area (Å²) in [5.41, 5.74) is 6.35. The molecule has 2 aromatic heterocycles. The molecule has 0 bridgehead atoms. The molecule has 2 aromatic rings. The lowest BCUT2D eigenvalue weighted by Gasteiger charge is -2.02. The summed E-state index contributed by atoms with van der Waals surface area (Å²) >= 11 is 0. The van der Waals surface area contributed by atoms with Crippen LogP contribution in [0.2, 0.25) is 0 Å². The molecule has 0 fully saturated rings. The fraction of sp³-hybridized carbons (Fsp3) is 0.0909. The molecular weight excluding hydrogens is 206 g/mol. The van der Waals surface area contributed by atoms with Crippen LogP contribution < -0.4 is 11.1 Å². The number of carbonyl (C=O) groups is 1. The molecule has 0 aliphatic rings. The van der Waals surface area contributed by atoms with Gasteiger partial charge in [0.2, 0.25) is 0 Å². The Hall–Kier alpha value is -2.14. The fourth-order valence-electron chi connectivity index (χ4n) is 1.20. The van der Waals surface area contributed by atoms with Gasteiger partial charge in [-0.1, -0.05) is 6.07 Å². The molecule has 0 atom stereocenters. The third-order valence-corrected chi connectivity index (χ3v) is 2.05. The van der Waals surface area contributed by atoms with Crippen molar-refractivity contribution in [3.63, 3.8) is 0 Å². The maximum absolute atomic E-state index is 11.6. The molecular formula is C11H11N3O2. The van der Waals surface area contributed by atoms with Crippen LogP contribution in [-0.4, -0.2) is 10.9 Å². The minimum Gasteiger partial charge on any atom is -0.459 e. The van der Waals surface area contributed by atoms with Gasteiger partial charge < -0.3 is 15.5 Å². The number of nitrogens with one attached hydrogen (secondary N) is 1. The van der Waals surface area contributed by atoms with Crippen LogP contribution in [-0.2, 0) is 6.54 Å². The van der Waals surface area contributed by atoms with Gasteiger partial charge >= 0.3 is 0 Å². The van der Waals surface area contributed by atoms with E-state index in [0.717, 1.165) is 5.56 Å². The number of anilines is 1. The number of nitrogens with zero attached hydrogens (tertiary/aromatic N) is 1. The highest BCUT2D eigenvalue weighted by Gasteiger charge is 2.08. The normalized spacial score (nSPS) is 10.1. The molecule has 2 rings (SSSR count). The van der Waals surface area contributed by atoms with Crippen molar-refractivity contribution in [1.82, 2.24) is 4.98 Å². The summed E-state index contributed by atoms with van der Waals surface area (Å²) in [6.07, 6.45) is 3.07. The lowest BCUT2D eigenvalue weighted by molar-refractivity contribution is 0.0996. The van der Waals surface area contributed by atoms with Crippen molar-refractivity contribution in [2.45, 2.75) is 6.54 Å². The van der Waals surface area contributed by atoms with Crippen LogP contribution in [0, 0.1) is 0 Å². The number of rotatable bonds is 3. The Balaban J connectivity index is 2.06. The second kappa shape index (κ2) is 4.59. The van der Waals surface area contributed by atoms with Gasteiger partial charge in [0.05, 0.1) is 6.26 Å². The van der Waals surface area contributed by atoms with Crippen LogP contribution in [0.25, 0.3) is 0 Å². The molecule has 0 aliphatic heterocycles. The van der Waals surface area contributed by atoms with Gasteiger partial charge in [-0.05, 0) is 23.8 Å². The van der Waals surface area contributed by atoms with Crippen LogP contribution in [0.15, 0.2) is 41.1 Å². The van der Waals surface area contributed by atoms with E-state index in [4.69, 9.17) is 10.2 Å². The van der Waals surface area contributed by atoms with Gasteiger partial charge in [-0.15, -0.1) is 0 Å². The lowest BCUT2D eigenvalue weighted by atomic mass is 10.3.